The van der Waals surface area contributed by atoms with Crippen LogP contribution >= 0.6 is 0 Å². The number of carbonyl (C=O) groups excluding carboxylic acids is 2. The third kappa shape index (κ3) is 5.72. The van der Waals surface area contributed by atoms with Crippen LogP contribution in [-0.4, -0.2) is 41.0 Å². The molecule has 1 rings (SSSR count). The number of rotatable bonds is 6. The van der Waals surface area contributed by atoms with E-state index in [9.17, 15) is 9.59 Å². The Hall–Kier alpha value is -2.09. The SMILES string of the molecule is CCC(NCc1cn[nH]c1NC(=O)OC(C)(C)C)C(=O)OC. The van der Waals surface area contributed by atoms with E-state index in [0.29, 0.717) is 24.3 Å². The molecule has 0 spiro atoms. The van der Waals surface area contributed by atoms with Gasteiger partial charge in [-0.1, -0.05) is 6.92 Å². The summed E-state index contributed by atoms with van der Waals surface area (Å²) in [5, 5.41) is 12.2. The minimum absolute atomic E-state index is 0.326. The minimum Gasteiger partial charge on any atom is -0.468 e. The summed E-state index contributed by atoms with van der Waals surface area (Å²) >= 11 is 0. The Morgan fingerprint density at radius 1 is 1.41 bits per heavy atom. The van der Waals surface area contributed by atoms with Crippen molar-refractivity contribution in [3.05, 3.63) is 11.8 Å². The van der Waals surface area contributed by atoms with Crippen molar-refractivity contribution in [3.8, 4) is 0 Å². The second kappa shape index (κ2) is 7.79. The molecule has 1 amide bonds. The van der Waals surface area contributed by atoms with E-state index in [1.54, 1.807) is 27.0 Å². The largest absolute Gasteiger partial charge is 0.468 e. The van der Waals surface area contributed by atoms with Crippen molar-refractivity contribution >= 4 is 17.9 Å². The van der Waals surface area contributed by atoms with E-state index < -0.39 is 17.7 Å². The average molecular weight is 312 g/mol. The quantitative estimate of drug-likeness (QED) is 0.692. The highest BCUT2D eigenvalue weighted by Gasteiger charge is 2.20. The average Bonchev–Trinajstić information content (AvgIpc) is 2.84. The highest BCUT2D eigenvalue weighted by Crippen LogP contribution is 2.14. The molecule has 1 aromatic rings. The zero-order chi connectivity index (χ0) is 16.8. The third-order valence-electron chi connectivity index (χ3n) is 2.78. The van der Waals surface area contributed by atoms with Crippen molar-refractivity contribution in [2.24, 2.45) is 0 Å². The lowest BCUT2D eigenvalue weighted by molar-refractivity contribution is -0.143. The lowest BCUT2D eigenvalue weighted by Gasteiger charge is -2.19. The van der Waals surface area contributed by atoms with Gasteiger partial charge in [-0.3, -0.25) is 15.2 Å². The van der Waals surface area contributed by atoms with Crippen molar-refractivity contribution in [2.45, 2.75) is 52.3 Å². The van der Waals surface area contributed by atoms with Crippen LogP contribution in [0.1, 0.15) is 39.7 Å². The van der Waals surface area contributed by atoms with Crippen molar-refractivity contribution < 1.29 is 19.1 Å². The van der Waals surface area contributed by atoms with Gasteiger partial charge >= 0.3 is 12.1 Å². The van der Waals surface area contributed by atoms with E-state index in [1.807, 2.05) is 6.92 Å². The first kappa shape index (κ1) is 18.0. The number of H-pyrrole nitrogens is 1. The van der Waals surface area contributed by atoms with E-state index in [4.69, 9.17) is 9.47 Å². The second-order valence-electron chi connectivity index (χ2n) is 5.76. The highest BCUT2D eigenvalue weighted by atomic mass is 16.6. The molecule has 1 heterocycles. The number of nitrogens with zero attached hydrogens (tertiary/aromatic N) is 1. The van der Waals surface area contributed by atoms with E-state index >= 15 is 0 Å². The molecular weight excluding hydrogens is 288 g/mol. The van der Waals surface area contributed by atoms with Gasteiger partial charge in [-0.15, -0.1) is 0 Å². The second-order valence-corrected chi connectivity index (χ2v) is 5.76. The van der Waals surface area contributed by atoms with Gasteiger partial charge in [-0.25, -0.2) is 4.79 Å². The van der Waals surface area contributed by atoms with Gasteiger partial charge in [0.15, 0.2) is 0 Å². The molecule has 0 aliphatic carbocycles. The molecule has 0 aromatic carbocycles. The summed E-state index contributed by atoms with van der Waals surface area (Å²) in [5.41, 5.74) is 0.133. The molecule has 0 aliphatic heterocycles. The van der Waals surface area contributed by atoms with Crippen LogP contribution in [0.25, 0.3) is 0 Å². The molecule has 8 nitrogen and oxygen atoms in total. The summed E-state index contributed by atoms with van der Waals surface area (Å²) < 4.78 is 9.88. The molecule has 1 aromatic heterocycles. The van der Waals surface area contributed by atoms with E-state index in [1.165, 1.54) is 7.11 Å². The fraction of sp³-hybridized carbons (Fsp3) is 0.643. The molecule has 0 radical (unpaired) electrons. The Labute approximate surface area is 129 Å². The van der Waals surface area contributed by atoms with Crippen LogP contribution in [0.5, 0.6) is 0 Å². The van der Waals surface area contributed by atoms with Crippen LogP contribution in [0.15, 0.2) is 6.20 Å². The van der Waals surface area contributed by atoms with Gasteiger partial charge in [0.05, 0.1) is 13.3 Å². The number of hydrogen-bond donors (Lipinski definition) is 3. The maximum atomic E-state index is 11.8. The van der Waals surface area contributed by atoms with Gasteiger partial charge in [0.2, 0.25) is 0 Å². The summed E-state index contributed by atoms with van der Waals surface area (Å²) in [6, 6.07) is -0.408. The Bertz CT molecular complexity index is 507. The zero-order valence-corrected chi connectivity index (χ0v) is 13.6. The molecule has 0 saturated heterocycles. The molecule has 0 bridgehead atoms. The van der Waals surface area contributed by atoms with E-state index in [0.717, 1.165) is 0 Å². The summed E-state index contributed by atoms with van der Waals surface area (Å²) in [6.45, 7) is 7.58. The van der Waals surface area contributed by atoms with Crippen LogP contribution in [0, 0.1) is 0 Å². The molecule has 22 heavy (non-hydrogen) atoms. The van der Waals surface area contributed by atoms with Crippen molar-refractivity contribution in [1.29, 1.82) is 0 Å². The molecule has 0 fully saturated rings. The first-order valence-electron chi connectivity index (χ1n) is 7.10. The van der Waals surface area contributed by atoms with E-state index in [2.05, 4.69) is 20.8 Å². The Kier molecular flexibility index (Phi) is 6.36. The predicted octanol–water partition coefficient (Wildman–Crippen LogP) is 1.80. The molecular formula is C14H24N4O4. The number of aromatic amines is 1. The van der Waals surface area contributed by atoms with Crippen LogP contribution in [0.3, 0.4) is 0 Å². The monoisotopic (exact) mass is 312 g/mol. The van der Waals surface area contributed by atoms with Gasteiger partial charge in [0, 0.05) is 12.1 Å². The van der Waals surface area contributed by atoms with Crippen LogP contribution in [-0.2, 0) is 20.8 Å². The number of carbonyl (C=O) groups is 2. The number of ether oxygens (including phenoxy) is 2. The van der Waals surface area contributed by atoms with Gasteiger partial charge in [0.1, 0.15) is 17.5 Å². The normalized spacial score (nSPS) is 12.6. The summed E-state index contributed by atoms with van der Waals surface area (Å²) in [4.78, 5) is 23.3. The van der Waals surface area contributed by atoms with Crippen molar-refractivity contribution in [3.63, 3.8) is 0 Å². The predicted molar refractivity (Wildman–Crippen MR) is 81.4 cm³/mol. The molecule has 1 atom stereocenters. The van der Waals surface area contributed by atoms with E-state index in [-0.39, 0.29) is 5.97 Å². The number of methoxy groups -OCH3 is 1. The molecule has 8 heteroatoms. The maximum absolute atomic E-state index is 11.8. The Balaban J connectivity index is 2.62. The van der Waals surface area contributed by atoms with Crippen LogP contribution in [0.4, 0.5) is 10.6 Å². The third-order valence-corrected chi connectivity index (χ3v) is 2.78. The molecule has 0 saturated carbocycles. The molecule has 124 valence electrons. The number of esters is 1. The fourth-order valence-electron chi connectivity index (χ4n) is 1.73. The van der Waals surface area contributed by atoms with Gasteiger partial charge in [0.25, 0.3) is 0 Å². The van der Waals surface area contributed by atoms with Crippen molar-refractivity contribution in [2.75, 3.05) is 12.4 Å². The summed E-state index contributed by atoms with van der Waals surface area (Å²) in [7, 11) is 1.35. The highest BCUT2D eigenvalue weighted by molar-refractivity contribution is 5.84. The topological polar surface area (TPSA) is 105 Å². The number of nitrogens with one attached hydrogen (secondary N) is 3. The first-order chi connectivity index (χ1) is 10.3. The Morgan fingerprint density at radius 2 is 2.09 bits per heavy atom. The first-order valence-corrected chi connectivity index (χ1v) is 7.10. The molecule has 1 unspecified atom stereocenters. The standard InChI is InChI=1S/C14H24N4O4/c1-6-10(12(19)21-5)15-7-9-8-16-18-11(9)17-13(20)22-14(2,3)4/h8,10,15H,6-7H2,1-5H3,(H2,16,17,18,20). The van der Waals surface area contributed by atoms with Gasteiger partial charge in [-0.2, -0.15) is 5.10 Å². The lowest BCUT2D eigenvalue weighted by Crippen LogP contribution is -2.36. The zero-order valence-electron chi connectivity index (χ0n) is 13.6. The number of anilines is 1. The lowest BCUT2D eigenvalue weighted by atomic mass is 10.2. The number of amides is 1. The van der Waals surface area contributed by atoms with Crippen molar-refractivity contribution in [1.82, 2.24) is 15.5 Å². The Morgan fingerprint density at radius 3 is 2.64 bits per heavy atom. The fourth-order valence-corrected chi connectivity index (χ4v) is 1.73. The van der Waals surface area contributed by atoms with Gasteiger partial charge in [-0.05, 0) is 27.2 Å². The smallest absolute Gasteiger partial charge is 0.413 e. The maximum Gasteiger partial charge on any atom is 0.413 e. The van der Waals surface area contributed by atoms with Crippen LogP contribution in [0.2, 0.25) is 0 Å². The summed E-state index contributed by atoms with van der Waals surface area (Å²) in [6.07, 6.45) is 1.60. The number of aromatic nitrogens is 2. The van der Waals surface area contributed by atoms with Crippen LogP contribution < -0.4 is 10.6 Å². The molecule has 0 aliphatic rings. The number of hydrogen-bond acceptors (Lipinski definition) is 6. The summed E-state index contributed by atoms with van der Waals surface area (Å²) in [5.74, 6) is 0.106. The molecule has 3 N–H and O–H groups in total. The minimum atomic E-state index is -0.583. The van der Waals surface area contributed by atoms with Gasteiger partial charge < -0.3 is 14.8 Å².